The molecule has 4 heteroatoms. The van der Waals surface area contributed by atoms with Crippen molar-refractivity contribution < 1.29 is 14.3 Å². The molecule has 0 aliphatic heterocycles. The summed E-state index contributed by atoms with van der Waals surface area (Å²) in [6.07, 6.45) is 22.2. The quantitative estimate of drug-likeness (QED) is 0.301. The maximum Gasteiger partial charge on any atom is 0.244 e. The third-order valence-electron chi connectivity index (χ3n) is 6.32. The van der Waals surface area contributed by atoms with Crippen LogP contribution in [0.5, 0.6) is 11.5 Å². The third-order valence-corrected chi connectivity index (χ3v) is 6.32. The molecule has 0 atom stereocenters. The van der Waals surface area contributed by atoms with Crippen molar-refractivity contribution in [3.05, 3.63) is 29.8 Å². The minimum absolute atomic E-state index is 0.00249. The molecule has 0 saturated heterocycles. The summed E-state index contributed by atoms with van der Waals surface area (Å²) >= 11 is 0. The van der Waals surface area contributed by atoms with E-state index in [2.05, 4.69) is 12.2 Å². The molecule has 0 aromatic heterocycles. The Kier molecular flexibility index (Phi) is 13.7. The fraction of sp³-hybridized carbons (Fsp3) is 0.679. The molecule has 0 radical (unpaired) electrons. The van der Waals surface area contributed by atoms with E-state index in [1.54, 1.807) is 13.2 Å². The standard InChI is InChI=1S/C28H45NO3/c1-3-4-5-15-22-32-26-20-18-24(23-27(26)31-2)19-21-28(30)29-25-16-13-11-9-7-6-8-10-12-14-17-25/h18-21,23,25H,3-17,22H2,1-2H3,(H,29,30)/b21-19+. The molecule has 1 aromatic rings. The molecule has 1 saturated carbocycles. The van der Waals surface area contributed by atoms with Crippen LogP contribution in [0, 0.1) is 0 Å². The van der Waals surface area contributed by atoms with Crippen LogP contribution in [0.1, 0.15) is 109 Å². The normalized spacial score (nSPS) is 16.8. The minimum Gasteiger partial charge on any atom is -0.493 e. The molecule has 1 aromatic carbocycles. The molecule has 1 N–H and O–H groups in total. The SMILES string of the molecule is CCCCCCOc1ccc(/C=C/C(=O)NC2CCCCCCCCCCC2)cc1OC. The number of rotatable bonds is 10. The van der Waals surface area contributed by atoms with Crippen molar-refractivity contribution >= 4 is 12.0 Å². The highest BCUT2D eigenvalue weighted by molar-refractivity contribution is 5.92. The van der Waals surface area contributed by atoms with E-state index in [4.69, 9.17) is 9.47 Å². The van der Waals surface area contributed by atoms with Crippen LogP contribution in [0.2, 0.25) is 0 Å². The first-order valence-corrected chi connectivity index (χ1v) is 13.0. The fourth-order valence-electron chi connectivity index (χ4n) is 4.35. The van der Waals surface area contributed by atoms with Gasteiger partial charge in [0, 0.05) is 12.1 Å². The van der Waals surface area contributed by atoms with Crippen molar-refractivity contribution in [1.82, 2.24) is 5.32 Å². The van der Waals surface area contributed by atoms with Gasteiger partial charge in [-0.25, -0.2) is 0 Å². The number of carbonyl (C=O) groups excluding carboxylic acids is 1. The van der Waals surface area contributed by atoms with Gasteiger partial charge in [-0.15, -0.1) is 0 Å². The lowest BCUT2D eigenvalue weighted by Crippen LogP contribution is -2.33. The Morgan fingerprint density at radius 2 is 1.59 bits per heavy atom. The Morgan fingerprint density at radius 3 is 2.22 bits per heavy atom. The highest BCUT2D eigenvalue weighted by atomic mass is 16.5. The number of amides is 1. The molecule has 1 fully saturated rings. The minimum atomic E-state index is -0.00249. The summed E-state index contributed by atoms with van der Waals surface area (Å²) in [5.41, 5.74) is 0.939. The smallest absolute Gasteiger partial charge is 0.244 e. The zero-order valence-corrected chi connectivity index (χ0v) is 20.5. The Bertz CT molecular complexity index is 659. The van der Waals surface area contributed by atoms with Gasteiger partial charge in [0.15, 0.2) is 11.5 Å². The largest absolute Gasteiger partial charge is 0.493 e. The maximum atomic E-state index is 12.6. The monoisotopic (exact) mass is 443 g/mol. The van der Waals surface area contributed by atoms with Crippen molar-refractivity contribution in [2.75, 3.05) is 13.7 Å². The number of hydrogen-bond donors (Lipinski definition) is 1. The predicted octanol–water partition coefficient (Wildman–Crippen LogP) is 7.46. The molecule has 0 spiro atoms. The fourth-order valence-corrected chi connectivity index (χ4v) is 4.35. The summed E-state index contributed by atoms with van der Waals surface area (Å²) in [6, 6.07) is 6.14. The third kappa shape index (κ3) is 11.1. The molecule has 1 aliphatic carbocycles. The van der Waals surface area contributed by atoms with Crippen LogP contribution < -0.4 is 14.8 Å². The van der Waals surface area contributed by atoms with Crippen LogP contribution in [0.3, 0.4) is 0 Å². The lowest BCUT2D eigenvalue weighted by molar-refractivity contribution is -0.117. The molecule has 0 unspecified atom stereocenters. The van der Waals surface area contributed by atoms with Crippen LogP contribution in [-0.4, -0.2) is 25.7 Å². The van der Waals surface area contributed by atoms with E-state index in [9.17, 15) is 4.79 Å². The Labute approximate surface area is 196 Å². The molecular weight excluding hydrogens is 398 g/mol. The average molecular weight is 444 g/mol. The average Bonchev–Trinajstić information content (AvgIpc) is 2.79. The summed E-state index contributed by atoms with van der Waals surface area (Å²) in [6.45, 7) is 2.91. The number of benzene rings is 1. The number of nitrogens with one attached hydrogen (secondary N) is 1. The first-order valence-electron chi connectivity index (χ1n) is 13.0. The number of hydrogen-bond acceptors (Lipinski definition) is 3. The van der Waals surface area contributed by atoms with Gasteiger partial charge in [-0.05, 0) is 43.0 Å². The van der Waals surface area contributed by atoms with Gasteiger partial charge < -0.3 is 14.8 Å². The van der Waals surface area contributed by atoms with E-state index < -0.39 is 0 Å². The zero-order valence-electron chi connectivity index (χ0n) is 20.5. The zero-order chi connectivity index (χ0) is 22.9. The molecule has 32 heavy (non-hydrogen) atoms. The number of carbonyl (C=O) groups is 1. The van der Waals surface area contributed by atoms with Gasteiger partial charge in [-0.1, -0.05) is 90.0 Å². The molecule has 0 bridgehead atoms. The topological polar surface area (TPSA) is 47.6 Å². The van der Waals surface area contributed by atoms with Gasteiger partial charge in [-0.2, -0.15) is 0 Å². The molecule has 1 amide bonds. The summed E-state index contributed by atoms with van der Waals surface area (Å²) in [5.74, 6) is 1.47. The van der Waals surface area contributed by atoms with E-state index in [1.807, 2.05) is 24.3 Å². The van der Waals surface area contributed by atoms with Crippen molar-refractivity contribution in [1.29, 1.82) is 0 Å². The number of ether oxygens (including phenoxy) is 2. The predicted molar refractivity (Wildman–Crippen MR) is 134 cm³/mol. The Hall–Kier alpha value is -1.97. The van der Waals surface area contributed by atoms with Gasteiger partial charge in [0.1, 0.15) is 0 Å². The van der Waals surface area contributed by atoms with Crippen LogP contribution in [0.25, 0.3) is 6.08 Å². The van der Waals surface area contributed by atoms with E-state index in [-0.39, 0.29) is 5.91 Å². The second-order valence-corrected chi connectivity index (χ2v) is 9.12. The summed E-state index contributed by atoms with van der Waals surface area (Å²) in [5, 5.41) is 3.24. The van der Waals surface area contributed by atoms with Crippen molar-refractivity contribution in [3.8, 4) is 11.5 Å². The molecule has 2 rings (SSSR count). The van der Waals surface area contributed by atoms with Gasteiger partial charge in [-0.3, -0.25) is 4.79 Å². The summed E-state index contributed by atoms with van der Waals surface area (Å²) in [4.78, 5) is 12.6. The molecule has 4 nitrogen and oxygen atoms in total. The number of methoxy groups -OCH3 is 1. The maximum absolute atomic E-state index is 12.6. The van der Waals surface area contributed by atoms with E-state index in [0.717, 1.165) is 30.6 Å². The van der Waals surface area contributed by atoms with E-state index >= 15 is 0 Å². The molecular formula is C28H45NO3. The van der Waals surface area contributed by atoms with Crippen molar-refractivity contribution in [3.63, 3.8) is 0 Å². The van der Waals surface area contributed by atoms with Gasteiger partial charge >= 0.3 is 0 Å². The molecule has 1 aliphatic rings. The second kappa shape index (κ2) is 16.6. The first kappa shape index (κ1) is 26.3. The van der Waals surface area contributed by atoms with Gasteiger partial charge in [0.25, 0.3) is 0 Å². The van der Waals surface area contributed by atoms with E-state index in [1.165, 1.54) is 77.0 Å². The van der Waals surface area contributed by atoms with Crippen molar-refractivity contribution in [2.24, 2.45) is 0 Å². The molecule has 180 valence electrons. The summed E-state index contributed by atoms with van der Waals surface area (Å²) < 4.78 is 11.4. The molecule has 0 heterocycles. The number of unbranched alkanes of at least 4 members (excludes halogenated alkanes) is 3. The summed E-state index contributed by atoms with van der Waals surface area (Å²) in [7, 11) is 1.66. The highest BCUT2D eigenvalue weighted by Crippen LogP contribution is 2.29. The second-order valence-electron chi connectivity index (χ2n) is 9.12. The Balaban J connectivity index is 1.84. The van der Waals surface area contributed by atoms with Crippen LogP contribution in [-0.2, 0) is 4.79 Å². The van der Waals surface area contributed by atoms with Gasteiger partial charge in [0.2, 0.25) is 5.91 Å². The lowest BCUT2D eigenvalue weighted by Gasteiger charge is -2.18. The van der Waals surface area contributed by atoms with Crippen molar-refractivity contribution in [2.45, 2.75) is 109 Å². The Morgan fingerprint density at radius 1 is 0.938 bits per heavy atom. The van der Waals surface area contributed by atoms with Crippen LogP contribution >= 0.6 is 0 Å². The van der Waals surface area contributed by atoms with Crippen LogP contribution in [0.4, 0.5) is 0 Å². The van der Waals surface area contributed by atoms with Crippen LogP contribution in [0.15, 0.2) is 24.3 Å². The van der Waals surface area contributed by atoms with Gasteiger partial charge in [0.05, 0.1) is 13.7 Å². The van der Waals surface area contributed by atoms with E-state index in [0.29, 0.717) is 18.4 Å². The first-order chi connectivity index (χ1) is 15.7. The lowest BCUT2D eigenvalue weighted by atomic mass is 9.98. The highest BCUT2D eigenvalue weighted by Gasteiger charge is 2.11.